The number of hydrogen-bond acceptors (Lipinski definition) is 5. The van der Waals surface area contributed by atoms with Crippen LogP contribution < -0.4 is 4.90 Å². The highest BCUT2D eigenvalue weighted by atomic mass is 16.6. The van der Waals surface area contributed by atoms with Crippen molar-refractivity contribution in [3.63, 3.8) is 0 Å². The third kappa shape index (κ3) is 1.95. The standard InChI is InChI=1S/C13H13N3O4/c1-13(12(17)18)6-3-7-15(13)10-5-2-4-9(8-14)11(10)16(19)20/h2,4-5H,3,6-7H2,1H3,(H,17,18). The molecule has 1 aromatic carbocycles. The third-order valence-electron chi connectivity index (χ3n) is 3.71. The van der Waals surface area contributed by atoms with E-state index in [1.54, 1.807) is 13.0 Å². The van der Waals surface area contributed by atoms with Crippen molar-refractivity contribution >= 4 is 17.3 Å². The van der Waals surface area contributed by atoms with E-state index in [0.29, 0.717) is 19.4 Å². The highest BCUT2D eigenvalue weighted by molar-refractivity contribution is 5.86. The zero-order chi connectivity index (χ0) is 14.9. The van der Waals surface area contributed by atoms with Crippen molar-refractivity contribution in [2.45, 2.75) is 25.3 Å². The Hall–Kier alpha value is -2.62. The number of nitro benzene ring substituents is 1. The number of para-hydroxylation sites is 1. The highest BCUT2D eigenvalue weighted by Crippen LogP contribution is 2.40. The molecule has 7 heteroatoms. The van der Waals surface area contributed by atoms with Gasteiger partial charge >= 0.3 is 11.7 Å². The minimum Gasteiger partial charge on any atom is -0.480 e. The average molecular weight is 275 g/mol. The number of nitrogens with zero attached hydrogens (tertiary/aromatic N) is 3. The molecule has 1 unspecified atom stereocenters. The highest BCUT2D eigenvalue weighted by Gasteiger charge is 2.45. The summed E-state index contributed by atoms with van der Waals surface area (Å²) in [5.41, 5.74) is -1.38. The van der Waals surface area contributed by atoms with E-state index in [4.69, 9.17) is 5.26 Å². The van der Waals surface area contributed by atoms with Gasteiger partial charge in [-0.05, 0) is 31.9 Å². The molecular formula is C13H13N3O4. The fourth-order valence-electron chi connectivity index (χ4n) is 2.60. The predicted molar refractivity (Wildman–Crippen MR) is 70.4 cm³/mol. The number of carbonyl (C=O) groups is 1. The normalized spacial score (nSPS) is 21.5. The van der Waals surface area contributed by atoms with Gasteiger partial charge in [-0.25, -0.2) is 4.79 Å². The predicted octanol–water partition coefficient (Wildman–Crippen LogP) is 1.91. The Bertz CT molecular complexity index is 623. The van der Waals surface area contributed by atoms with Crippen molar-refractivity contribution in [3.8, 4) is 6.07 Å². The number of nitro groups is 1. The van der Waals surface area contributed by atoms with Gasteiger partial charge in [0.15, 0.2) is 0 Å². The zero-order valence-corrected chi connectivity index (χ0v) is 10.9. The van der Waals surface area contributed by atoms with Crippen LogP contribution in [0.2, 0.25) is 0 Å². The molecule has 1 aliphatic heterocycles. The van der Waals surface area contributed by atoms with Crippen LogP contribution >= 0.6 is 0 Å². The van der Waals surface area contributed by atoms with Gasteiger partial charge in [-0.2, -0.15) is 5.26 Å². The van der Waals surface area contributed by atoms with E-state index < -0.39 is 16.4 Å². The molecule has 7 nitrogen and oxygen atoms in total. The van der Waals surface area contributed by atoms with Crippen LogP contribution in [0.1, 0.15) is 25.3 Å². The summed E-state index contributed by atoms with van der Waals surface area (Å²) in [7, 11) is 0. The molecule has 0 amide bonds. The number of aliphatic carboxylic acids is 1. The third-order valence-corrected chi connectivity index (χ3v) is 3.71. The van der Waals surface area contributed by atoms with E-state index in [0.717, 1.165) is 0 Å². The van der Waals surface area contributed by atoms with Gasteiger partial charge in [0.05, 0.1) is 4.92 Å². The van der Waals surface area contributed by atoms with Crippen LogP contribution in [0.15, 0.2) is 18.2 Å². The summed E-state index contributed by atoms with van der Waals surface area (Å²) < 4.78 is 0. The number of rotatable bonds is 3. The van der Waals surface area contributed by atoms with E-state index in [-0.39, 0.29) is 16.9 Å². The van der Waals surface area contributed by atoms with Crippen LogP contribution in [0, 0.1) is 21.4 Å². The van der Waals surface area contributed by atoms with E-state index in [9.17, 15) is 20.0 Å². The Kier molecular flexibility index (Phi) is 3.32. The van der Waals surface area contributed by atoms with Crippen molar-refractivity contribution in [1.82, 2.24) is 0 Å². The largest absolute Gasteiger partial charge is 0.480 e. The summed E-state index contributed by atoms with van der Waals surface area (Å²) in [6.45, 7) is 1.96. The summed E-state index contributed by atoms with van der Waals surface area (Å²) >= 11 is 0. The van der Waals surface area contributed by atoms with Crippen LogP contribution in [0.3, 0.4) is 0 Å². The molecule has 0 aromatic heterocycles. The maximum atomic E-state index is 11.5. The number of carboxylic acid groups (broad SMARTS) is 1. The fourth-order valence-corrected chi connectivity index (χ4v) is 2.60. The van der Waals surface area contributed by atoms with Gasteiger partial charge in [0.25, 0.3) is 0 Å². The first-order valence-electron chi connectivity index (χ1n) is 6.10. The lowest BCUT2D eigenvalue weighted by molar-refractivity contribution is -0.384. The molecule has 0 spiro atoms. The maximum Gasteiger partial charge on any atom is 0.329 e. The van der Waals surface area contributed by atoms with E-state index in [2.05, 4.69) is 0 Å². The monoisotopic (exact) mass is 275 g/mol. The van der Waals surface area contributed by atoms with Crippen molar-refractivity contribution in [2.24, 2.45) is 0 Å². The molecule has 20 heavy (non-hydrogen) atoms. The molecule has 1 N–H and O–H groups in total. The number of benzene rings is 1. The van der Waals surface area contributed by atoms with Crippen molar-refractivity contribution in [2.75, 3.05) is 11.4 Å². The van der Waals surface area contributed by atoms with Crippen molar-refractivity contribution in [3.05, 3.63) is 33.9 Å². The lowest BCUT2D eigenvalue weighted by Gasteiger charge is -2.32. The van der Waals surface area contributed by atoms with Crippen molar-refractivity contribution < 1.29 is 14.8 Å². The minimum atomic E-state index is -1.18. The van der Waals surface area contributed by atoms with Crippen molar-refractivity contribution in [1.29, 1.82) is 5.26 Å². The minimum absolute atomic E-state index is 0.0628. The Morgan fingerprint density at radius 2 is 2.30 bits per heavy atom. The first-order chi connectivity index (χ1) is 9.41. The Labute approximate surface area is 115 Å². The summed E-state index contributed by atoms with van der Waals surface area (Å²) in [5.74, 6) is -1.02. The van der Waals surface area contributed by atoms with Gasteiger partial charge in [0.2, 0.25) is 0 Å². The lowest BCUT2D eigenvalue weighted by Crippen LogP contribution is -2.48. The second-order valence-electron chi connectivity index (χ2n) is 4.88. The van der Waals surface area contributed by atoms with Crippen LogP contribution in [0.5, 0.6) is 0 Å². The van der Waals surface area contributed by atoms with Crippen LogP contribution in [0.4, 0.5) is 11.4 Å². The first kappa shape index (κ1) is 13.8. The molecule has 1 atom stereocenters. The fraction of sp³-hybridized carbons (Fsp3) is 0.385. The SMILES string of the molecule is CC1(C(=O)O)CCCN1c1cccc(C#N)c1[N+](=O)[O-]. The molecule has 0 bridgehead atoms. The molecule has 1 aliphatic rings. The maximum absolute atomic E-state index is 11.5. The van der Waals surface area contributed by atoms with Gasteiger partial charge < -0.3 is 10.0 Å². The lowest BCUT2D eigenvalue weighted by atomic mass is 9.98. The van der Waals surface area contributed by atoms with Gasteiger partial charge in [-0.15, -0.1) is 0 Å². The summed E-state index contributed by atoms with van der Waals surface area (Å²) in [5, 5.41) is 29.6. The topological polar surface area (TPSA) is 107 Å². The van der Waals surface area contributed by atoms with E-state index in [1.165, 1.54) is 23.1 Å². The first-order valence-corrected chi connectivity index (χ1v) is 6.10. The van der Waals surface area contributed by atoms with Crippen LogP contribution in [0.25, 0.3) is 0 Å². The number of nitriles is 1. The average Bonchev–Trinajstić information content (AvgIpc) is 2.81. The van der Waals surface area contributed by atoms with E-state index in [1.807, 2.05) is 0 Å². The molecule has 1 fully saturated rings. The number of anilines is 1. The van der Waals surface area contributed by atoms with Crippen LogP contribution in [-0.2, 0) is 4.79 Å². The molecule has 1 aromatic rings. The Balaban J connectivity index is 2.62. The summed E-state index contributed by atoms with van der Waals surface area (Å²) in [4.78, 5) is 23.6. The van der Waals surface area contributed by atoms with Crippen LogP contribution in [-0.4, -0.2) is 28.1 Å². The second kappa shape index (κ2) is 4.81. The summed E-state index contributed by atoms with van der Waals surface area (Å²) in [6, 6.07) is 6.16. The zero-order valence-electron chi connectivity index (χ0n) is 10.9. The molecule has 0 aliphatic carbocycles. The second-order valence-corrected chi connectivity index (χ2v) is 4.88. The van der Waals surface area contributed by atoms with E-state index >= 15 is 0 Å². The molecule has 104 valence electrons. The quantitative estimate of drug-likeness (QED) is 0.666. The van der Waals surface area contributed by atoms with Gasteiger partial charge in [-0.3, -0.25) is 10.1 Å². The molecule has 1 saturated heterocycles. The molecule has 0 radical (unpaired) electrons. The van der Waals surface area contributed by atoms with Gasteiger partial charge in [0.1, 0.15) is 22.9 Å². The smallest absolute Gasteiger partial charge is 0.329 e. The summed E-state index contributed by atoms with van der Waals surface area (Å²) in [6.07, 6.45) is 1.05. The Morgan fingerprint density at radius 1 is 1.60 bits per heavy atom. The number of hydrogen-bond donors (Lipinski definition) is 1. The Morgan fingerprint density at radius 3 is 2.85 bits per heavy atom. The molecular weight excluding hydrogens is 262 g/mol. The van der Waals surface area contributed by atoms with Gasteiger partial charge in [-0.1, -0.05) is 6.07 Å². The molecule has 2 rings (SSSR count). The molecule has 0 saturated carbocycles. The van der Waals surface area contributed by atoms with Gasteiger partial charge in [0, 0.05) is 6.54 Å². The number of carboxylic acids is 1. The molecule has 1 heterocycles.